The van der Waals surface area contributed by atoms with E-state index in [1.807, 2.05) is 31.3 Å². The largest absolute Gasteiger partial charge is 0.251 e. The van der Waals surface area contributed by atoms with Crippen molar-refractivity contribution in [3.05, 3.63) is 46.7 Å². The average molecular weight is 242 g/mol. The second kappa shape index (κ2) is 4.21. The fraction of sp³-hybridized carbons (Fsp3) is 0.200. The third-order valence-corrected chi connectivity index (χ3v) is 2.90. The first-order valence-electron chi connectivity index (χ1n) is 4.42. The molecule has 2 aromatic rings. The lowest BCUT2D eigenvalue weighted by Gasteiger charge is -2.09. The molecule has 1 atom stereocenters. The maximum atomic E-state index is 6.29. The van der Waals surface area contributed by atoms with E-state index in [-0.39, 0.29) is 5.38 Å². The normalized spacial score (nSPS) is 12.7. The molecule has 0 amide bonds. The Bertz CT molecular complexity index is 450. The van der Waals surface area contributed by atoms with Crippen molar-refractivity contribution in [2.75, 3.05) is 0 Å². The van der Waals surface area contributed by atoms with E-state index in [0.717, 1.165) is 11.3 Å². The summed E-state index contributed by atoms with van der Waals surface area (Å²) in [5.74, 6) is 0. The summed E-state index contributed by atoms with van der Waals surface area (Å²) in [6, 6.07) is 7.42. The summed E-state index contributed by atoms with van der Waals surface area (Å²) in [7, 11) is 1.81. The highest BCUT2D eigenvalue weighted by Crippen LogP contribution is 2.28. The molecule has 0 bridgehead atoms. The van der Waals surface area contributed by atoms with E-state index < -0.39 is 0 Å². The van der Waals surface area contributed by atoms with Gasteiger partial charge in [-0.2, -0.15) is 0 Å². The smallest absolute Gasteiger partial charge is 0.102 e. The van der Waals surface area contributed by atoms with Crippen molar-refractivity contribution in [1.82, 2.24) is 15.0 Å². The summed E-state index contributed by atoms with van der Waals surface area (Å²) >= 11 is 12.1. The number of hydrogen-bond donors (Lipinski definition) is 0. The molecule has 0 radical (unpaired) electrons. The van der Waals surface area contributed by atoms with Crippen molar-refractivity contribution in [2.24, 2.45) is 7.05 Å². The summed E-state index contributed by atoms with van der Waals surface area (Å²) in [6.45, 7) is 0. The molecule has 0 aliphatic heterocycles. The van der Waals surface area contributed by atoms with Gasteiger partial charge in [0, 0.05) is 12.1 Å². The molecule has 1 aromatic carbocycles. The Morgan fingerprint density at radius 1 is 1.27 bits per heavy atom. The zero-order valence-electron chi connectivity index (χ0n) is 8.06. The Labute approximate surface area is 97.6 Å². The molecule has 1 aromatic heterocycles. The summed E-state index contributed by atoms with van der Waals surface area (Å²) in [6.07, 6.45) is 1.66. The molecule has 2 rings (SSSR count). The van der Waals surface area contributed by atoms with E-state index in [0.29, 0.717) is 5.02 Å². The van der Waals surface area contributed by atoms with Crippen molar-refractivity contribution >= 4 is 23.2 Å². The zero-order valence-corrected chi connectivity index (χ0v) is 9.57. The van der Waals surface area contributed by atoms with Gasteiger partial charge in [0.15, 0.2) is 0 Å². The first-order chi connectivity index (χ1) is 7.18. The van der Waals surface area contributed by atoms with Gasteiger partial charge >= 0.3 is 0 Å². The van der Waals surface area contributed by atoms with E-state index >= 15 is 0 Å². The first-order valence-corrected chi connectivity index (χ1v) is 5.24. The highest BCUT2D eigenvalue weighted by molar-refractivity contribution is 6.30. The van der Waals surface area contributed by atoms with E-state index in [4.69, 9.17) is 23.2 Å². The number of halogens is 2. The highest BCUT2D eigenvalue weighted by atomic mass is 35.5. The van der Waals surface area contributed by atoms with E-state index in [2.05, 4.69) is 10.3 Å². The molecule has 1 heterocycles. The zero-order chi connectivity index (χ0) is 10.8. The van der Waals surface area contributed by atoms with Crippen molar-refractivity contribution < 1.29 is 0 Å². The second-order valence-electron chi connectivity index (χ2n) is 3.20. The molecule has 78 valence electrons. The fourth-order valence-corrected chi connectivity index (χ4v) is 1.80. The van der Waals surface area contributed by atoms with Crippen LogP contribution in [-0.2, 0) is 7.05 Å². The number of aryl methyl sites for hydroxylation is 1. The summed E-state index contributed by atoms with van der Waals surface area (Å²) in [5.41, 5.74) is 1.84. The Hall–Kier alpha value is -1.06. The molecule has 0 spiro atoms. The monoisotopic (exact) mass is 241 g/mol. The van der Waals surface area contributed by atoms with Crippen LogP contribution in [0.1, 0.15) is 16.6 Å². The second-order valence-corrected chi connectivity index (χ2v) is 4.07. The lowest BCUT2D eigenvalue weighted by Crippen LogP contribution is -2.02. The third-order valence-electron chi connectivity index (χ3n) is 2.17. The van der Waals surface area contributed by atoms with Crippen molar-refractivity contribution in [3.63, 3.8) is 0 Å². The summed E-state index contributed by atoms with van der Waals surface area (Å²) in [5, 5.41) is 8.08. The minimum atomic E-state index is -0.248. The van der Waals surface area contributed by atoms with Crippen molar-refractivity contribution in [3.8, 4) is 0 Å². The number of rotatable bonds is 2. The lowest BCUT2D eigenvalue weighted by molar-refractivity contribution is 0.682. The van der Waals surface area contributed by atoms with Crippen LogP contribution < -0.4 is 0 Å². The predicted octanol–water partition coefficient (Wildman–Crippen LogP) is 2.80. The third kappa shape index (κ3) is 2.13. The molecule has 0 aliphatic rings. The van der Waals surface area contributed by atoms with Gasteiger partial charge in [0.25, 0.3) is 0 Å². The van der Waals surface area contributed by atoms with Crippen LogP contribution in [-0.4, -0.2) is 15.0 Å². The lowest BCUT2D eigenvalue weighted by atomic mass is 10.1. The van der Waals surface area contributed by atoms with Gasteiger partial charge in [0.2, 0.25) is 0 Å². The molecule has 15 heavy (non-hydrogen) atoms. The van der Waals surface area contributed by atoms with E-state index in [1.165, 1.54) is 0 Å². The van der Waals surface area contributed by atoms with E-state index in [1.54, 1.807) is 10.9 Å². The minimum Gasteiger partial charge on any atom is -0.251 e. The maximum absolute atomic E-state index is 6.29. The van der Waals surface area contributed by atoms with Crippen molar-refractivity contribution in [1.29, 1.82) is 0 Å². The van der Waals surface area contributed by atoms with Crippen LogP contribution in [0.3, 0.4) is 0 Å². The van der Waals surface area contributed by atoms with Crippen LogP contribution in [0.25, 0.3) is 0 Å². The fourth-order valence-electron chi connectivity index (χ4n) is 1.33. The molecule has 3 nitrogen and oxygen atoms in total. The van der Waals surface area contributed by atoms with Gasteiger partial charge in [-0.25, -0.2) is 0 Å². The number of aromatic nitrogens is 3. The topological polar surface area (TPSA) is 30.7 Å². The average Bonchev–Trinajstić information content (AvgIpc) is 2.65. The van der Waals surface area contributed by atoms with Gasteiger partial charge in [-0.15, -0.1) is 16.7 Å². The molecule has 0 fully saturated rings. The molecule has 0 aliphatic carbocycles. The van der Waals surface area contributed by atoms with Crippen LogP contribution in [0.5, 0.6) is 0 Å². The van der Waals surface area contributed by atoms with Crippen LogP contribution in [0.2, 0.25) is 5.02 Å². The van der Waals surface area contributed by atoms with Crippen molar-refractivity contribution in [2.45, 2.75) is 5.38 Å². The number of alkyl halides is 1. The standard InChI is InChI=1S/C10H9Cl2N3/c1-15-9(6-13-14-15)10(12)7-2-4-8(11)5-3-7/h2-6,10H,1H3. The van der Waals surface area contributed by atoms with Gasteiger partial charge in [0.05, 0.1) is 11.9 Å². The minimum absolute atomic E-state index is 0.248. The van der Waals surface area contributed by atoms with Gasteiger partial charge < -0.3 is 0 Å². The summed E-state index contributed by atoms with van der Waals surface area (Å²) in [4.78, 5) is 0. The number of benzene rings is 1. The molecular weight excluding hydrogens is 233 g/mol. The molecule has 5 heteroatoms. The Kier molecular flexibility index (Phi) is 2.93. The molecular formula is C10H9Cl2N3. The molecule has 1 unspecified atom stereocenters. The Balaban J connectivity index is 2.32. The quantitative estimate of drug-likeness (QED) is 0.758. The SMILES string of the molecule is Cn1nncc1C(Cl)c1ccc(Cl)cc1. The first kappa shape index (κ1) is 10.5. The Morgan fingerprint density at radius 3 is 2.47 bits per heavy atom. The van der Waals surface area contributed by atoms with Crippen LogP contribution >= 0.6 is 23.2 Å². The van der Waals surface area contributed by atoms with Gasteiger partial charge in [-0.05, 0) is 17.7 Å². The predicted molar refractivity (Wildman–Crippen MR) is 60.2 cm³/mol. The van der Waals surface area contributed by atoms with E-state index in [9.17, 15) is 0 Å². The van der Waals surface area contributed by atoms with Gasteiger partial charge in [-0.3, -0.25) is 4.68 Å². The van der Waals surface area contributed by atoms with Crippen LogP contribution in [0, 0.1) is 0 Å². The van der Waals surface area contributed by atoms with Crippen LogP contribution in [0.15, 0.2) is 30.5 Å². The maximum Gasteiger partial charge on any atom is 0.102 e. The Morgan fingerprint density at radius 2 is 1.93 bits per heavy atom. The number of hydrogen-bond acceptors (Lipinski definition) is 2. The van der Waals surface area contributed by atoms with Gasteiger partial charge in [0.1, 0.15) is 5.38 Å². The van der Waals surface area contributed by atoms with Gasteiger partial charge in [-0.1, -0.05) is 28.9 Å². The molecule has 0 N–H and O–H groups in total. The molecule has 0 saturated carbocycles. The van der Waals surface area contributed by atoms with Crippen LogP contribution in [0.4, 0.5) is 0 Å². The molecule has 0 saturated heterocycles. The highest BCUT2D eigenvalue weighted by Gasteiger charge is 2.14. The number of nitrogens with zero attached hydrogens (tertiary/aromatic N) is 3. The summed E-state index contributed by atoms with van der Waals surface area (Å²) < 4.78 is 1.66.